The summed E-state index contributed by atoms with van der Waals surface area (Å²) in [4.78, 5) is 20.4. The standard InChI is InChI=1S/C20H23N7O/c1-11(8-28-3)15-13-6-4-5-7-14(13)27-18(21)16(15)12(2)26-20-17-19(23-9-22-17)24-10-25-20/h4-7,9-12H,8H2,1-3H3,(H2,21,27)(H2,22,23,24,25,26)/t11-,12-/m0/s1. The molecule has 8 nitrogen and oxygen atoms in total. The molecule has 0 spiro atoms. The lowest BCUT2D eigenvalue weighted by Gasteiger charge is -2.25. The van der Waals surface area contributed by atoms with E-state index < -0.39 is 0 Å². The normalized spacial score (nSPS) is 13.7. The fraction of sp³-hybridized carbons (Fsp3) is 0.300. The van der Waals surface area contributed by atoms with E-state index in [0.717, 1.165) is 27.5 Å². The van der Waals surface area contributed by atoms with Gasteiger partial charge < -0.3 is 20.8 Å². The average molecular weight is 377 g/mol. The smallest absolute Gasteiger partial charge is 0.182 e. The van der Waals surface area contributed by atoms with Crippen LogP contribution in [-0.4, -0.2) is 38.6 Å². The molecular formula is C20H23N7O. The molecule has 28 heavy (non-hydrogen) atoms. The van der Waals surface area contributed by atoms with Crippen LogP contribution in [-0.2, 0) is 4.74 Å². The number of ether oxygens (including phenoxy) is 1. The number of hydrogen-bond donors (Lipinski definition) is 3. The monoisotopic (exact) mass is 377 g/mol. The second-order valence-electron chi connectivity index (χ2n) is 6.89. The summed E-state index contributed by atoms with van der Waals surface area (Å²) in [5, 5.41) is 4.53. The van der Waals surface area contributed by atoms with Gasteiger partial charge in [0, 0.05) is 24.0 Å². The Morgan fingerprint density at radius 1 is 1.14 bits per heavy atom. The Kier molecular flexibility index (Phi) is 4.79. The summed E-state index contributed by atoms with van der Waals surface area (Å²) < 4.78 is 5.43. The molecule has 0 unspecified atom stereocenters. The Morgan fingerprint density at radius 3 is 2.79 bits per heavy atom. The number of hydrogen-bond acceptors (Lipinski definition) is 7. The number of pyridine rings is 1. The Bertz CT molecular complexity index is 1120. The number of nitrogens with zero attached hydrogens (tertiary/aromatic N) is 4. The first-order chi connectivity index (χ1) is 13.6. The number of nitrogens with one attached hydrogen (secondary N) is 2. The third-order valence-electron chi connectivity index (χ3n) is 4.92. The molecule has 0 amide bonds. The fourth-order valence-electron chi connectivity index (χ4n) is 3.74. The predicted octanol–water partition coefficient (Wildman–Crippen LogP) is 3.41. The Balaban J connectivity index is 1.83. The van der Waals surface area contributed by atoms with Gasteiger partial charge in [0.2, 0.25) is 0 Å². The van der Waals surface area contributed by atoms with Crippen molar-refractivity contribution in [3.63, 3.8) is 0 Å². The average Bonchev–Trinajstić information content (AvgIpc) is 3.17. The maximum Gasteiger partial charge on any atom is 0.182 e. The van der Waals surface area contributed by atoms with Crippen LogP contribution in [0.25, 0.3) is 22.1 Å². The van der Waals surface area contributed by atoms with Gasteiger partial charge in [-0.1, -0.05) is 25.1 Å². The van der Waals surface area contributed by atoms with Crippen molar-refractivity contribution in [1.82, 2.24) is 24.9 Å². The zero-order valence-electron chi connectivity index (χ0n) is 16.1. The van der Waals surface area contributed by atoms with Crippen molar-refractivity contribution in [3.8, 4) is 0 Å². The number of aromatic amines is 1. The molecule has 4 aromatic rings. The lowest BCUT2D eigenvalue weighted by atomic mass is 9.89. The number of H-pyrrole nitrogens is 1. The summed E-state index contributed by atoms with van der Waals surface area (Å²) in [6, 6.07) is 7.92. The number of nitrogens with two attached hydrogens (primary N) is 1. The first kappa shape index (κ1) is 18.1. The summed E-state index contributed by atoms with van der Waals surface area (Å²) >= 11 is 0. The molecule has 4 rings (SSSR count). The van der Waals surface area contributed by atoms with E-state index in [1.54, 1.807) is 13.4 Å². The fourth-order valence-corrected chi connectivity index (χ4v) is 3.74. The molecule has 0 aliphatic heterocycles. The summed E-state index contributed by atoms with van der Waals surface area (Å²) in [7, 11) is 1.71. The van der Waals surface area contributed by atoms with Gasteiger partial charge in [-0.25, -0.2) is 19.9 Å². The van der Waals surface area contributed by atoms with Crippen LogP contribution in [0.1, 0.15) is 36.9 Å². The molecule has 0 saturated heterocycles. The van der Waals surface area contributed by atoms with Crippen molar-refractivity contribution < 1.29 is 4.74 Å². The van der Waals surface area contributed by atoms with Gasteiger partial charge in [-0.2, -0.15) is 0 Å². The number of imidazole rings is 1. The highest BCUT2D eigenvalue weighted by molar-refractivity contribution is 5.87. The minimum Gasteiger partial charge on any atom is -0.384 e. The molecule has 0 radical (unpaired) electrons. The molecule has 3 aromatic heterocycles. The van der Waals surface area contributed by atoms with E-state index in [1.165, 1.54) is 6.33 Å². The van der Waals surface area contributed by atoms with Crippen molar-refractivity contribution in [2.75, 3.05) is 24.8 Å². The number of benzene rings is 1. The van der Waals surface area contributed by atoms with Crippen molar-refractivity contribution >= 4 is 33.7 Å². The van der Waals surface area contributed by atoms with Crippen molar-refractivity contribution in [2.45, 2.75) is 25.8 Å². The van der Waals surface area contributed by atoms with Crippen molar-refractivity contribution in [2.24, 2.45) is 0 Å². The summed E-state index contributed by atoms with van der Waals surface area (Å²) in [5.74, 6) is 1.33. The first-order valence-corrected chi connectivity index (χ1v) is 9.17. The molecule has 3 heterocycles. The van der Waals surface area contributed by atoms with E-state index in [4.69, 9.17) is 10.5 Å². The lowest BCUT2D eigenvalue weighted by molar-refractivity contribution is 0.184. The van der Waals surface area contributed by atoms with Crippen molar-refractivity contribution in [3.05, 3.63) is 48.0 Å². The molecule has 2 atom stereocenters. The number of anilines is 2. The van der Waals surface area contributed by atoms with Crippen LogP contribution in [0.5, 0.6) is 0 Å². The molecule has 0 bridgehead atoms. The van der Waals surface area contributed by atoms with E-state index in [2.05, 4.69) is 50.2 Å². The SMILES string of the molecule is COC[C@H](C)c1c([C@H](C)Nc2ncnc3nc[nH]c23)c(N)nc2ccccc12. The van der Waals surface area contributed by atoms with E-state index in [9.17, 15) is 0 Å². The van der Waals surface area contributed by atoms with Crippen LogP contribution < -0.4 is 11.1 Å². The number of methoxy groups -OCH3 is 1. The second kappa shape index (κ2) is 7.40. The van der Waals surface area contributed by atoms with E-state index in [0.29, 0.717) is 23.9 Å². The number of nitrogen functional groups attached to an aromatic ring is 1. The summed E-state index contributed by atoms with van der Waals surface area (Å²) in [6.07, 6.45) is 3.10. The maximum atomic E-state index is 6.42. The third-order valence-corrected chi connectivity index (χ3v) is 4.92. The van der Waals surface area contributed by atoms with Crippen LogP contribution >= 0.6 is 0 Å². The maximum absolute atomic E-state index is 6.42. The van der Waals surface area contributed by atoms with Crippen LogP contribution in [0, 0.1) is 0 Å². The van der Waals surface area contributed by atoms with Crippen LogP contribution in [0.15, 0.2) is 36.9 Å². The highest BCUT2D eigenvalue weighted by Gasteiger charge is 2.23. The number of aromatic nitrogens is 5. The Morgan fingerprint density at radius 2 is 1.96 bits per heavy atom. The van der Waals surface area contributed by atoms with Gasteiger partial charge in [-0.3, -0.25) is 0 Å². The molecule has 4 N–H and O–H groups in total. The lowest BCUT2D eigenvalue weighted by Crippen LogP contribution is -2.17. The summed E-state index contributed by atoms with van der Waals surface area (Å²) in [5.41, 5.74) is 10.8. The Hall–Kier alpha value is -3.26. The van der Waals surface area contributed by atoms with E-state index in [1.807, 2.05) is 18.2 Å². The van der Waals surface area contributed by atoms with Crippen LogP contribution in [0.3, 0.4) is 0 Å². The van der Waals surface area contributed by atoms with Crippen molar-refractivity contribution in [1.29, 1.82) is 0 Å². The second-order valence-corrected chi connectivity index (χ2v) is 6.89. The highest BCUT2D eigenvalue weighted by Crippen LogP contribution is 2.36. The van der Waals surface area contributed by atoms with Gasteiger partial charge in [0.25, 0.3) is 0 Å². The van der Waals surface area contributed by atoms with E-state index >= 15 is 0 Å². The zero-order chi connectivity index (χ0) is 19.7. The largest absolute Gasteiger partial charge is 0.384 e. The molecule has 1 aromatic carbocycles. The van der Waals surface area contributed by atoms with Crippen LogP contribution in [0.2, 0.25) is 0 Å². The van der Waals surface area contributed by atoms with E-state index in [-0.39, 0.29) is 12.0 Å². The predicted molar refractivity (Wildman–Crippen MR) is 110 cm³/mol. The number of para-hydroxylation sites is 1. The minimum absolute atomic E-state index is 0.132. The molecule has 0 aliphatic rings. The molecule has 8 heteroatoms. The molecule has 0 fully saturated rings. The minimum atomic E-state index is -0.132. The zero-order valence-corrected chi connectivity index (χ0v) is 16.1. The third kappa shape index (κ3) is 3.11. The number of rotatable bonds is 6. The van der Waals surface area contributed by atoms with Crippen LogP contribution in [0.4, 0.5) is 11.6 Å². The molecule has 0 saturated carbocycles. The van der Waals surface area contributed by atoms with Gasteiger partial charge in [-0.15, -0.1) is 0 Å². The topological polar surface area (TPSA) is 115 Å². The van der Waals surface area contributed by atoms with Gasteiger partial charge in [0.1, 0.15) is 17.7 Å². The summed E-state index contributed by atoms with van der Waals surface area (Å²) in [6.45, 7) is 4.78. The Labute approximate surface area is 162 Å². The van der Waals surface area contributed by atoms with Gasteiger partial charge in [-0.05, 0) is 18.6 Å². The molecular weight excluding hydrogens is 354 g/mol. The quantitative estimate of drug-likeness (QED) is 0.472. The number of fused-ring (bicyclic) bond motifs is 2. The first-order valence-electron chi connectivity index (χ1n) is 9.17. The van der Waals surface area contributed by atoms with Gasteiger partial charge >= 0.3 is 0 Å². The highest BCUT2D eigenvalue weighted by atomic mass is 16.5. The van der Waals surface area contributed by atoms with Gasteiger partial charge in [0.15, 0.2) is 11.5 Å². The molecule has 0 aliphatic carbocycles. The van der Waals surface area contributed by atoms with Gasteiger partial charge in [0.05, 0.1) is 24.5 Å². The molecule has 144 valence electrons.